The van der Waals surface area contributed by atoms with Crippen LogP contribution in [0.2, 0.25) is 0 Å². The summed E-state index contributed by atoms with van der Waals surface area (Å²) in [6, 6.07) is 0. The van der Waals surface area contributed by atoms with E-state index in [2.05, 4.69) is 6.58 Å². The van der Waals surface area contributed by atoms with E-state index in [0.29, 0.717) is 6.42 Å². The third-order valence-electron chi connectivity index (χ3n) is 4.60. The first-order valence-corrected chi connectivity index (χ1v) is 9.88. The highest BCUT2D eigenvalue weighted by Crippen LogP contribution is 2.50. The second-order valence-corrected chi connectivity index (χ2v) is 7.29. The van der Waals surface area contributed by atoms with Crippen LogP contribution < -0.4 is 0 Å². The van der Waals surface area contributed by atoms with E-state index in [9.17, 15) is 61.5 Å². The van der Waals surface area contributed by atoms with Gasteiger partial charge in [0, 0.05) is 0 Å². The third kappa shape index (κ3) is 11.3. The Hall–Kier alpha value is -0.760. The van der Waals surface area contributed by atoms with Crippen LogP contribution in [0.3, 0.4) is 0 Å². The van der Waals surface area contributed by atoms with Gasteiger partial charge in [-0.05, 0) is 38.5 Å². The Balaban J connectivity index is -0.000000550. The lowest BCUT2D eigenvalue weighted by Gasteiger charge is -2.29. The smallest absolute Gasteiger partial charge is 0.224 e. The largest absolute Gasteiger partial charge is 0.431 e. The summed E-state index contributed by atoms with van der Waals surface area (Å²) in [6.07, 6.45) is -23.9. The van der Waals surface area contributed by atoms with Gasteiger partial charge in [0.15, 0.2) is 0 Å². The van der Waals surface area contributed by atoms with Gasteiger partial charge >= 0.3 is 24.7 Å². The molecule has 0 fully saturated rings. The van der Waals surface area contributed by atoms with Crippen molar-refractivity contribution < 1.29 is 61.5 Å². The maximum atomic E-state index is 13.1. The molecule has 0 aromatic heterocycles. The SMILES string of the molecule is Br.C=CCCCCC(F)(C(F)(F)F)C(F)(F)F.CCCCCCCC(F)(C(F)(F)F)C(F)(F)F. The van der Waals surface area contributed by atoms with Crippen molar-refractivity contribution in [3.63, 3.8) is 0 Å². The third-order valence-corrected chi connectivity index (χ3v) is 4.60. The van der Waals surface area contributed by atoms with E-state index in [1.54, 1.807) is 0 Å². The fraction of sp³-hybridized carbons (Fsp3) is 0.895. The number of unbranched alkanes of at least 4 members (excludes halogenated alkanes) is 6. The summed E-state index contributed by atoms with van der Waals surface area (Å²) in [5.41, 5.74) is -10.2. The Kier molecular flexibility index (Phi) is 16.4. The molecule has 0 aromatic rings. The highest BCUT2D eigenvalue weighted by atomic mass is 79.9. The van der Waals surface area contributed by atoms with Crippen molar-refractivity contribution in [1.29, 1.82) is 0 Å². The quantitative estimate of drug-likeness (QED) is 0.126. The molecule has 0 unspecified atom stereocenters. The van der Waals surface area contributed by atoms with Gasteiger partial charge in [-0.1, -0.05) is 38.7 Å². The van der Waals surface area contributed by atoms with Crippen LogP contribution in [-0.2, 0) is 0 Å². The maximum Gasteiger partial charge on any atom is 0.431 e. The van der Waals surface area contributed by atoms with Crippen LogP contribution in [0.4, 0.5) is 61.5 Å². The van der Waals surface area contributed by atoms with Crippen LogP contribution in [0.25, 0.3) is 0 Å². The minimum absolute atomic E-state index is 0. The molecule has 0 aliphatic heterocycles. The molecule has 0 rings (SSSR count). The number of hydrogen-bond acceptors (Lipinski definition) is 0. The Morgan fingerprint density at radius 1 is 0.500 bits per heavy atom. The summed E-state index contributed by atoms with van der Waals surface area (Å²) in [7, 11) is 0. The van der Waals surface area contributed by atoms with Gasteiger partial charge in [-0.3, -0.25) is 0 Å². The van der Waals surface area contributed by atoms with E-state index < -0.39 is 61.7 Å². The van der Waals surface area contributed by atoms with E-state index in [4.69, 9.17) is 0 Å². The Morgan fingerprint density at radius 3 is 1.06 bits per heavy atom. The first kappa shape index (κ1) is 37.8. The van der Waals surface area contributed by atoms with Crippen LogP contribution in [0, 0.1) is 0 Å². The summed E-state index contributed by atoms with van der Waals surface area (Å²) >= 11 is 0. The minimum atomic E-state index is -5.93. The van der Waals surface area contributed by atoms with Crippen LogP contribution in [0.1, 0.15) is 71.1 Å². The average Bonchev–Trinajstić information content (AvgIpc) is 2.61. The standard InChI is InChI=1S/C10H15F7.C9H11F7.BrH/c1-2-3-4-5-6-7-8(11,9(12,13)14)10(15,16)17;1-2-3-4-5-6-7(10,8(11,12)13)9(14,15)16;/h2-7H2,1H3;2H,1,3-6H2;1H. The van der Waals surface area contributed by atoms with Crippen molar-refractivity contribution in [2.75, 3.05) is 0 Å². The van der Waals surface area contributed by atoms with E-state index >= 15 is 0 Å². The van der Waals surface area contributed by atoms with Gasteiger partial charge < -0.3 is 0 Å². The molecule has 0 bridgehead atoms. The fourth-order valence-corrected chi connectivity index (χ4v) is 2.52. The lowest BCUT2D eigenvalue weighted by molar-refractivity contribution is -0.344. The lowest BCUT2D eigenvalue weighted by Crippen LogP contribution is -2.53. The Morgan fingerprint density at radius 2 is 0.794 bits per heavy atom. The van der Waals surface area contributed by atoms with Crippen LogP contribution in [0.15, 0.2) is 12.7 Å². The van der Waals surface area contributed by atoms with Gasteiger partial charge in [0.2, 0.25) is 0 Å². The molecule has 0 saturated heterocycles. The van der Waals surface area contributed by atoms with Crippen molar-refractivity contribution in [3.8, 4) is 0 Å². The molecule has 0 N–H and O–H groups in total. The van der Waals surface area contributed by atoms with Gasteiger partial charge in [0.25, 0.3) is 11.3 Å². The van der Waals surface area contributed by atoms with Gasteiger partial charge in [0.05, 0.1) is 0 Å². The molecule has 0 saturated carbocycles. The van der Waals surface area contributed by atoms with Crippen LogP contribution in [0.5, 0.6) is 0 Å². The molecule has 0 nitrogen and oxygen atoms in total. The zero-order valence-corrected chi connectivity index (χ0v) is 19.8. The van der Waals surface area contributed by atoms with Crippen LogP contribution >= 0.6 is 17.0 Å². The van der Waals surface area contributed by atoms with Gasteiger partial charge in [-0.25, -0.2) is 8.78 Å². The van der Waals surface area contributed by atoms with Crippen molar-refractivity contribution in [1.82, 2.24) is 0 Å². The summed E-state index contributed by atoms with van der Waals surface area (Å²) in [5, 5.41) is 0. The summed E-state index contributed by atoms with van der Waals surface area (Å²) in [6.45, 7) is 5.11. The number of rotatable bonds is 11. The molecule has 0 aliphatic carbocycles. The molecule has 0 aliphatic rings. The Bertz CT molecular complexity index is 517. The summed E-state index contributed by atoms with van der Waals surface area (Å²) in [4.78, 5) is 0. The van der Waals surface area contributed by atoms with Crippen molar-refractivity contribution >= 4 is 17.0 Å². The molecule has 208 valence electrons. The fourth-order valence-electron chi connectivity index (χ4n) is 2.52. The first-order chi connectivity index (χ1) is 14.6. The molecular weight excluding hydrogens is 574 g/mol. The van der Waals surface area contributed by atoms with Gasteiger partial charge in [-0.2, -0.15) is 52.7 Å². The normalized spacial score (nSPS) is 13.6. The predicted octanol–water partition coefficient (Wildman–Crippen LogP) is 10.3. The topological polar surface area (TPSA) is 0 Å². The van der Waals surface area contributed by atoms with E-state index in [-0.39, 0.29) is 36.2 Å². The molecule has 15 heteroatoms. The van der Waals surface area contributed by atoms with Gasteiger partial charge in [-0.15, -0.1) is 23.6 Å². The highest BCUT2D eigenvalue weighted by Gasteiger charge is 2.72. The molecule has 0 aromatic carbocycles. The molecule has 0 radical (unpaired) electrons. The minimum Gasteiger partial charge on any atom is -0.224 e. The molecular formula is C19H27BrF14. The highest BCUT2D eigenvalue weighted by molar-refractivity contribution is 8.93. The number of allylic oxidation sites excluding steroid dienone is 1. The molecule has 0 atom stereocenters. The lowest BCUT2D eigenvalue weighted by atomic mass is 9.96. The number of halogens is 15. The monoisotopic (exact) mass is 600 g/mol. The van der Waals surface area contributed by atoms with E-state index in [1.165, 1.54) is 6.08 Å². The molecule has 0 amide bonds. The molecule has 34 heavy (non-hydrogen) atoms. The maximum absolute atomic E-state index is 13.1. The van der Waals surface area contributed by atoms with Crippen molar-refractivity contribution in [2.45, 2.75) is 107 Å². The van der Waals surface area contributed by atoms with Crippen molar-refractivity contribution in [3.05, 3.63) is 12.7 Å². The predicted molar refractivity (Wildman–Crippen MR) is 104 cm³/mol. The van der Waals surface area contributed by atoms with Gasteiger partial charge in [0.1, 0.15) is 0 Å². The Labute approximate surface area is 198 Å². The summed E-state index contributed by atoms with van der Waals surface area (Å²) in [5.74, 6) is 0. The number of hydrogen-bond donors (Lipinski definition) is 0. The zero-order chi connectivity index (χ0) is 26.8. The molecule has 0 heterocycles. The van der Waals surface area contributed by atoms with Crippen LogP contribution in [-0.4, -0.2) is 36.0 Å². The molecule has 0 spiro atoms. The number of alkyl halides is 14. The summed E-state index contributed by atoms with van der Waals surface area (Å²) < 4.78 is 170. The second kappa shape index (κ2) is 14.7. The first-order valence-electron chi connectivity index (χ1n) is 9.88. The second-order valence-electron chi connectivity index (χ2n) is 7.29. The van der Waals surface area contributed by atoms with E-state index in [1.807, 2.05) is 6.92 Å². The zero-order valence-electron chi connectivity index (χ0n) is 18.1. The van der Waals surface area contributed by atoms with Crippen molar-refractivity contribution in [2.24, 2.45) is 0 Å². The average molecular weight is 601 g/mol. The van der Waals surface area contributed by atoms with E-state index in [0.717, 1.165) is 12.8 Å².